The summed E-state index contributed by atoms with van der Waals surface area (Å²) in [5, 5.41) is 6.09. The quantitative estimate of drug-likeness (QED) is 0.611. The fraction of sp³-hybridized carbons (Fsp3) is 0.300. The smallest absolute Gasteiger partial charge is 0.406 e. The normalized spacial score (nSPS) is 23.0. The molecule has 0 spiro atoms. The van der Waals surface area contributed by atoms with E-state index in [9.17, 15) is 22.8 Å². The van der Waals surface area contributed by atoms with Crippen LogP contribution in [0.5, 0.6) is 5.88 Å². The maximum absolute atomic E-state index is 13.8. The van der Waals surface area contributed by atoms with Gasteiger partial charge in [-0.2, -0.15) is 18.2 Å². The van der Waals surface area contributed by atoms with E-state index in [4.69, 9.17) is 4.74 Å². The number of nitrogens with one attached hydrogen (secondary N) is 3. The van der Waals surface area contributed by atoms with Crippen LogP contribution in [0.1, 0.15) is 18.4 Å². The van der Waals surface area contributed by atoms with Gasteiger partial charge in [0.25, 0.3) is 11.8 Å². The van der Waals surface area contributed by atoms with Crippen molar-refractivity contribution in [3.63, 3.8) is 0 Å². The molecule has 2 amide bonds. The van der Waals surface area contributed by atoms with Gasteiger partial charge in [-0.05, 0) is 12.5 Å². The van der Waals surface area contributed by atoms with Crippen molar-refractivity contribution in [1.82, 2.24) is 25.7 Å². The third kappa shape index (κ3) is 3.84. The highest BCUT2D eigenvalue weighted by Gasteiger charge is 2.58. The highest BCUT2D eigenvalue weighted by molar-refractivity contribution is 6.23. The van der Waals surface area contributed by atoms with Crippen LogP contribution in [0.25, 0.3) is 0 Å². The van der Waals surface area contributed by atoms with Crippen molar-refractivity contribution >= 4 is 17.8 Å². The molecule has 32 heavy (non-hydrogen) atoms. The van der Waals surface area contributed by atoms with E-state index in [1.54, 1.807) is 30.3 Å². The van der Waals surface area contributed by atoms with Gasteiger partial charge in [-0.25, -0.2) is 15.4 Å². The lowest BCUT2D eigenvalue weighted by Crippen LogP contribution is -2.56. The lowest BCUT2D eigenvalue weighted by Gasteiger charge is -2.34. The number of ether oxygens (including phenoxy) is 1. The van der Waals surface area contributed by atoms with Gasteiger partial charge in [-0.3, -0.25) is 14.9 Å². The number of fused-ring (bicyclic) bond motifs is 1. The van der Waals surface area contributed by atoms with Crippen LogP contribution in [0.15, 0.2) is 53.9 Å². The first-order valence-corrected chi connectivity index (χ1v) is 9.58. The van der Waals surface area contributed by atoms with Crippen molar-refractivity contribution in [2.75, 3.05) is 12.4 Å². The first-order chi connectivity index (χ1) is 15.2. The molecule has 3 heterocycles. The summed E-state index contributed by atoms with van der Waals surface area (Å²) in [5.74, 6) is -2.80. The number of rotatable bonds is 4. The van der Waals surface area contributed by atoms with Crippen LogP contribution >= 0.6 is 0 Å². The number of nitrogens with zero attached hydrogens (tertiary/aromatic N) is 3. The van der Waals surface area contributed by atoms with Crippen molar-refractivity contribution in [2.24, 2.45) is 0 Å². The van der Waals surface area contributed by atoms with Crippen LogP contribution in [-0.2, 0) is 9.59 Å². The van der Waals surface area contributed by atoms with Crippen LogP contribution < -0.4 is 20.8 Å². The van der Waals surface area contributed by atoms with Crippen molar-refractivity contribution in [3.8, 4) is 5.88 Å². The number of methoxy groups -OCH3 is 1. The third-order valence-corrected chi connectivity index (χ3v) is 5.26. The number of amides is 2. The molecule has 168 valence electrons. The molecule has 0 radical (unpaired) electrons. The molecule has 12 heteroatoms. The Morgan fingerprint density at radius 1 is 1.22 bits per heavy atom. The zero-order chi connectivity index (χ0) is 23.0. The topological polar surface area (TPSA) is 108 Å². The van der Waals surface area contributed by atoms with E-state index in [1.807, 2.05) is 0 Å². The lowest BCUT2D eigenvalue weighted by atomic mass is 9.89. The standard InChI is InChI=1S/C20H19F3N6O3/c1-10-13(17(30)27-19-24-9-8-12(26-19)32-2)18(31)29-16(25-10)14(11-6-4-3-5-7-11)15(28-29)20(21,22)23/h3-9,14-16,25,28H,1-2H3,(H,24,26,27,30). The second kappa shape index (κ2) is 8.11. The predicted octanol–water partition coefficient (Wildman–Crippen LogP) is 1.69. The number of aromatic nitrogens is 2. The van der Waals surface area contributed by atoms with Crippen molar-refractivity contribution in [2.45, 2.75) is 31.2 Å². The van der Waals surface area contributed by atoms with E-state index >= 15 is 0 Å². The van der Waals surface area contributed by atoms with Gasteiger partial charge in [0.05, 0.1) is 13.0 Å². The van der Waals surface area contributed by atoms with Gasteiger partial charge >= 0.3 is 6.18 Å². The Hall–Kier alpha value is -3.67. The first-order valence-electron chi connectivity index (χ1n) is 9.58. The Labute approximate surface area is 180 Å². The molecule has 3 atom stereocenters. The zero-order valence-corrected chi connectivity index (χ0v) is 17.0. The van der Waals surface area contributed by atoms with Crippen LogP contribution in [0.4, 0.5) is 19.1 Å². The van der Waals surface area contributed by atoms with E-state index < -0.39 is 36.1 Å². The molecule has 0 saturated carbocycles. The number of allylic oxidation sites excluding steroid dienone is 1. The van der Waals surface area contributed by atoms with Crippen molar-refractivity contribution < 1.29 is 27.5 Å². The first kappa shape index (κ1) is 21.6. The summed E-state index contributed by atoms with van der Waals surface area (Å²) in [7, 11) is 1.38. The number of halogens is 3. The van der Waals surface area contributed by atoms with Gasteiger partial charge in [0.2, 0.25) is 11.8 Å². The molecule has 3 unspecified atom stereocenters. The van der Waals surface area contributed by atoms with Crippen LogP contribution in [-0.4, -0.2) is 52.3 Å². The monoisotopic (exact) mass is 448 g/mol. The largest absolute Gasteiger partial charge is 0.481 e. The summed E-state index contributed by atoms with van der Waals surface area (Å²) in [6.45, 7) is 1.46. The third-order valence-electron chi connectivity index (χ3n) is 5.26. The highest BCUT2D eigenvalue weighted by Crippen LogP contribution is 2.41. The maximum atomic E-state index is 13.8. The average molecular weight is 448 g/mol. The van der Waals surface area contributed by atoms with Gasteiger partial charge in [-0.15, -0.1) is 0 Å². The Morgan fingerprint density at radius 2 is 1.94 bits per heavy atom. The Bertz CT molecular complexity index is 1080. The summed E-state index contributed by atoms with van der Waals surface area (Å²) in [4.78, 5) is 33.7. The molecule has 1 fully saturated rings. The van der Waals surface area contributed by atoms with Gasteiger partial charge in [-0.1, -0.05) is 30.3 Å². The molecule has 3 N–H and O–H groups in total. The fourth-order valence-corrected chi connectivity index (χ4v) is 3.84. The van der Waals surface area contributed by atoms with Gasteiger partial charge in [0.15, 0.2) is 0 Å². The SMILES string of the molecule is COc1ccnc(NC(=O)C2=C(C)NC3C(c4ccccc4)C(C(F)(F)F)NN3C2=O)n1. The molecular formula is C20H19F3N6O3. The molecule has 0 bridgehead atoms. The zero-order valence-electron chi connectivity index (χ0n) is 17.0. The summed E-state index contributed by atoms with van der Waals surface area (Å²) < 4.78 is 46.4. The lowest BCUT2D eigenvalue weighted by molar-refractivity contribution is -0.161. The molecule has 1 aromatic heterocycles. The number of benzene rings is 1. The molecule has 2 aliphatic rings. The fourth-order valence-electron chi connectivity index (χ4n) is 3.84. The maximum Gasteiger partial charge on any atom is 0.406 e. The Balaban J connectivity index is 1.65. The molecule has 1 aromatic carbocycles. The number of anilines is 1. The van der Waals surface area contributed by atoms with E-state index in [0.717, 1.165) is 5.01 Å². The number of carbonyl (C=O) groups excluding carboxylic acids is 2. The van der Waals surface area contributed by atoms with Gasteiger partial charge in [0, 0.05) is 18.0 Å². The predicted molar refractivity (Wildman–Crippen MR) is 106 cm³/mol. The minimum atomic E-state index is -4.63. The van der Waals surface area contributed by atoms with E-state index in [1.165, 1.54) is 26.3 Å². The molecule has 2 aromatic rings. The number of hydrogen-bond donors (Lipinski definition) is 3. The van der Waals surface area contributed by atoms with Gasteiger partial charge < -0.3 is 10.1 Å². The van der Waals surface area contributed by atoms with Crippen LogP contribution in [0.3, 0.4) is 0 Å². The molecule has 9 nitrogen and oxygen atoms in total. The number of hydrazine groups is 1. The number of hydrogen-bond acceptors (Lipinski definition) is 7. The van der Waals surface area contributed by atoms with Gasteiger partial charge in [0.1, 0.15) is 17.8 Å². The summed E-state index contributed by atoms with van der Waals surface area (Å²) in [6, 6.07) is 7.54. The summed E-state index contributed by atoms with van der Waals surface area (Å²) in [6.07, 6.45) is -4.33. The van der Waals surface area contributed by atoms with E-state index in [0.29, 0.717) is 5.56 Å². The van der Waals surface area contributed by atoms with Crippen molar-refractivity contribution in [1.29, 1.82) is 0 Å². The molecule has 2 aliphatic heterocycles. The molecule has 1 saturated heterocycles. The van der Waals surface area contributed by atoms with Crippen LogP contribution in [0.2, 0.25) is 0 Å². The second-order valence-electron chi connectivity index (χ2n) is 7.23. The average Bonchev–Trinajstić information content (AvgIpc) is 3.14. The highest BCUT2D eigenvalue weighted by atomic mass is 19.4. The molecule has 4 rings (SSSR count). The summed E-state index contributed by atoms with van der Waals surface area (Å²) in [5.41, 5.74) is 2.44. The Morgan fingerprint density at radius 3 is 2.59 bits per heavy atom. The van der Waals surface area contributed by atoms with Crippen LogP contribution in [0, 0.1) is 0 Å². The second-order valence-corrected chi connectivity index (χ2v) is 7.23. The van der Waals surface area contributed by atoms with E-state index in [-0.39, 0.29) is 23.1 Å². The van der Waals surface area contributed by atoms with E-state index in [2.05, 4.69) is 26.0 Å². The Kier molecular flexibility index (Phi) is 5.46. The minimum absolute atomic E-state index is 0.116. The molecule has 0 aliphatic carbocycles. The molecular weight excluding hydrogens is 429 g/mol. The minimum Gasteiger partial charge on any atom is -0.481 e. The summed E-state index contributed by atoms with van der Waals surface area (Å²) >= 11 is 0. The van der Waals surface area contributed by atoms with Crippen molar-refractivity contribution in [3.05, 3.63) is 59.4 Å². The number of carbonyl (C=O) groups is 2. The number of alkyl halides is 3.